The van der Waals surface area contributed by atoms with E-state index in [2.05, 4.69) is 5.32 Å². The van der Waals surface area contributed by atoms with Crippen molar-refractivity contribution >= 4 is 28.3 Å². The van der Waals surface area contributed by atoms with Crippen LogP contribution in [0.5, 0.6) is 11.5 Å². The third-order valence-corrected chi connectivity index (χ3v) is 3.84. The third-order valence-electron chi connectivity index (χ3n) is 3.84. The monoisotopic (exact) mass is 353 g/mol. The SMILES string of the molecule is N=c1oc2ccc([N+](=O)[O-])cc2cc1C(=O)Nc1ccc2c(c1)OCO2. The number of carbonyl (C=O) groups excluding carboxylic acids is 1. The van der Waals surface area contributed by atoms with Crippen LogP contribution in [0.1, 0.15) is 10.4 Å². The van der Waals surface area contributed by atoms with Crippen molar-refractivity contribution in [2.75, 3.05) is 12.1 Å². The zero-order chi connectivity index (χ0) is 18.3. The maximum atomic E-state index is 12.5. The molecule has 3 aromatic rings. The van der Waals surface area contributed by atoms with Gasteiger partial charge in [-0.1, -0.05) is 0 Å². The Hall–Kier alpha value is -3.88. The maximum Gasteiger partial charge on any atom is 0.270 e. The minimum atomic E-state index is -0.578. The van der Waals surface area contributed by atoms with Crippen molar-refractivity contribution in [3.05, 3.63) is 63.7 Å². The zero-order valence-electron chi connectivity index (χ0n) is 13.1. The molecule has 9 heteroatoms. The lowest BCUT2D eigenvalue weighted by atomic mass is 10.1. The Morgan fingerprint density at radius 3 is 2.73 bits per heavy atom. The number of benzene rings is 2. The Kier molecular flexibility index (Phi) is 3.54. The number of hydrogen-bond acceptors (Lipinski definition) is 7. The Bertz CT molecular complexity index is 1120. The molecule has 9 nitrogen and oxygen atoms in total. The highest BCUT2D eigenvalue weighted by molar-refractivity contribution is 6.05. The molecule has 1 aliphatic heterocycles. The van der Waals surface area contributed by atoms with E-state index in [0.29, 0.717) is 22.6 Å². The van der Waals surface area contributed by atoms with Gasteiger partial charge >= 0.3 is 0 Å². The Morgan fingerprint density at radius 2 is 1.92 bits per heavy atom. The first kappa shape index (κ1) is 15.6. The second kappa shape index (κ2) is 5.88. The first-order valence-electron chi connectivity index (χ1n) is 7.49. The van der Waals surface area contributed by atoms with Gasteiger partial charge in [0, 0.05) is 29.3 Å². The summed E-state index contributed by atoms with van der Waals surface area (Å²) in [5, 5.41) is 21.8. The number of ether oxygens (including phenoxy) is 2. The molecule has 26 heavy (non-hydrogen) atoms. The fraction of sp³-hybridized carbons (Fsp3) is 0.0588. The van der Waals surface area contributed by atoms with Crippen LogP contribution in [0.15, 0.2) is 46.9 Å². The molecule has 0 unspecified atom stereocenters. The molecule has 0 radical (unpaired) electrons. The highest BCUT2D eigenvalue weighted by atomic mass is 16.7. The van der Waals surface area contributed by atoms with E-state index in [0.717, 1.165) is 0 Å². The number of nitro benzene ring substituents is 1. The number of nitrogens with zero attached hydrogens (tertiary/aromatic N) is 1. The molecule has 0 fully saturated rings. The third kappa shape index (κ3) is 2.71. The van der Waals surface area contributed by atoms with Crippen LogP contribution in [0.4, 0.5) is 11.4 Å². The molecule has 0 saturated heterocycles. The molecule has 2 N–H and O–H groups in total. The van der Waals surface area contributed by atoms with E-state index in [1.807, 2.05) is 0 Å². The van der Waals surface area contributed by atoms with Crippen LogP contribution >= 0.6 is 0 Å². The highest BCUT2D eigenvalue weighted by Crippen LogP contribution is 2.34. The number of carbonyl (C=O) groups is 1. The summed E-state index contributed by atoms with van der Waals surface area (Å²) in [5.41, 5.74) is 0.214. The molecule has 1 aromatic heterocycles. The molecule has 130 valence electrons. The summed E-state index contributed by atoms with van der Waals surface area (Å²) in [4.78, 5) is 22.9. The molecule has 1 aliphatic rings. The van der Waals surface area contributed by atoms with E-state index < -0.39 is 10.8 Å². The Balaban J connectivity index is 1.68. The van der Waals surface area contributed by atoms with Gasteiger partial charge in [0.1, 0.15) is 11.1 Å². The highest BCUT2D eigenvalue weighted by Gasteiger charge is 2.17. The number of amides is 1. The predicted octanol–water partition coefficient (Wildman–Crippen LogP) is 2.80. The first-order chi connectivity index (χ1) is 12.5. The van der Waals surface area contributed by atoms with E-state index in [1.54, 1.807) is 18.2 Å². The van der Waals surface area contributed by atoms with Crippen molar-refractivity contribution in [3.8, 4) is 11.5 Å². The second-order valence-electron chi connectivity index (χ2n) is 5.49. The van der Waals surface area contributed by atoms with Gasteiger partial charge in [0.05, 0.1) is 4.92 Å². The maximum absolute atomic E-state index is 12.5. The lowest BCUT2D eigenvalue weighted by molar-refractivity contribution is -0.384. The predicted molar refractivity (Wildman–Crippen MR) is 89.2 cm³/mol. The number of rotatable bonds is 3. The van der Waals surface area contributed by atoms with E-state index in [-0.39, 0.29) is 29.2 Å². The summed E-state index contributed by atoms with van der Waals surface area (Å²) in [6.07, 6.45) is 0. The molecule has 2 heterocycles. The van der Waals surface area contributed by atoms with E-state index >= 15 is 0 Å². The van der Waals surface area contributed by atoms with Crippen LogP contribution in [0.2, 0.25) is 0 Å². The number of hydrogen-bond donors (Lipinski definition) is 2. The van der Waals surface area contributed by atoms with Crippen LogP contribution in [0.3, 0.4) is 0 Å². The van der Waals surface area contributed by atoms with Crippen LogP contribution in [0.25, 0.3) is 11.0 Å². The standard InChI is InChI=1S/C17H11N3O6/c18-16-12(6-9-5-11(20(22)23)2-4-13(9)26-16)17(21)19-10-1-3-14-15(7-10)25-8-24-14/h1-7,18H,8H2,(H,19,21). The first-order valence-corrected chi connectivity index (χ1v) is 7.49. The van der Waals surface area contributed by atoms with Crippen molar-refractivity contribution < 1.29 is 23.6 Å². The summed E-state index contributed by atoms with van der Waals surface area (Å²) < 4.78 is 15.8. The van der Waals surface area contributed by atoms with Crippen molar-refractivity contribution in [2.24, 2.45) is 0 Å². The molecule has 2 aromatic carbocycles. The topological polar surface area (TPSA) is 128 Å². The molecule has 4 rings (SSSR count). The lowest BCUT2D eigenvalue weighted by Gasteiger charge is -2.07. The normalized spacial score (nSPS) is 12.2. The summed E-state index contributed by atoms with van der Waals surface area (Å²) in [7, 11) is 0. The van der Waals surface area contributed by atoms with Gasteiger partial charge in [0.2, 0.25) is 12.3 Å². The molecular formula is C17H11N3O6. The smallest absolute Gasteiger partial charge is 0.270 e. The number of non-ortho nitro benzene ring substituents is 1. The zero-order valence-corrected chi connectivity index (χ0v) is 13.1. The second-order valence-corrected chi connectivity index (χ2v) is 5.49. The van der Waals surface area contributed by atoms with Crippen molar-refractivity contribution in [1.82, 2.24) is 0 Å². The summed E-state index contributed by atoms with van der Waals surface area (Å²) in [6, 6.07) is 10.2. The van der Waals surface area contributed by atoms with Gasteiger partial charge in [-0.15, -0.1) is 0 Å². The minimum absolute atomic E-state index is 0.0457. The average molecular weight is 353 g/mol. The van der Waals surface area contributed by atoms with Crippen molar-refractivity contribution in [3.63, 3.8) is 0 Å². The van der Waals surface area contributed by atoms with Gasteiger partial charge in [-0.2, -0.15) is 0 Å². The fourth-order valence-corrected chi connectivity index (χ4v) is 2.58. The quantitative estimate of drug-likeness (QED) is 0.550. The molecule has 0 saturated carbocycles. The summed E-state index contributed by atoms with van der Waals surface area (Å²) in [6.45, 7) is 0.117. The molecular weight excluding hydrogens is 342 g/mol. The van der Waals surface area contributed by atoms with Gasteiger partial charge in [0.15, 0.2) is 11.5 Å². The summed E-state index contributed by atoms with van der Waals surface area (Å²) in [5.74, 6) is 0.510. The molecule has 0 bridgehead atoms. The molecule has 0 aliphatic carbocycles. The van der Waals surface area contributed by atoms with E-state index in [9.17, 15) is 14.9 Å². The summed E-state index contributed by atoms with van der Waals surface area (Å²) >= 11 is 0. The van der Waals surface area contributed by atoms with E-state index in [4.69, 9.17) is 19.3 Å². The number of fused-ring (bicyclic) bond motifs is 2. The van der Waals surface area contributed by atoms with Gasteiger partial charge in [-0.3, -0.25) is 20.3 Å². The number of nitro groups is 1. The van der Waals surface area contributed by atoms with Crippen molar-refractivity contribution in [1.29, 1.82) is 5.41 Å². The van der Waals surface area contributed by atoms with Gasteiger partial charge in [-0.25, -0.2) is 0 Å². The fourth-order valence-electron chi connectivity index (χ4n) is 2.58. The largest absolute Gasteiger partial charge is 0.454 e. The molecule has 0 spiro atoms. The molecule has 1 amide bonds. The Morgan fingerprint density at radius 1 is 1.12 bits per heavy atom. The van der Waals surface area contributed by atoms with E-state index in [1.165, 1.54) is 24.3 Å². The number of anilines is 1. The van der Waals surface area contributed by atoms with Gasteiger partial charge < -0.3 is 19.2 Å². The van der Waals surface area contributed by atoms with Gasteiger partial charge in [0.25, 0.3) is 11.6 Å². The average Bonchev–Trinajstić information content (AvgIpc) is 3.08. The van der Waals surface area contributed by atoms with Crippen LogP contribution in [0, 0.1) is 15.5 Å². The molecule has 0 atom stereocenters. The van der Waals surface area contributed by atoms with Crippen LogP contribution < -0.4 is 20.3 Å². The van der Waals surface area contributed by atoms with Crippen molar-refractivity contribution in [2.45, 2.75) is 0 Å². The minimum Gasteiger partial charge on any atom is -0.454 e. The lowest BCUT2D eigenvalue weighted by Crippen LogP contribution is -2.20. The van der Waals surface area contributed by atoms with Crippen LogP contribution in [-0.2, 0) is 0 Å². The number of nitrogens with one attached hydrogen (secondary N) is 2. The van der Waals surface area contributed by atoms with Gasteiger partial charge in [-0.05, 0) is 24.3 Å². The Labute approximate surface area is 145 Å². The van der Waals surface area contributed by atoms with Crippen LogP contribution in [-0.4, -0.2) is 17.6 Å².